The van der Waals surface area contributed by atoms with E-state index in [9.17, 15) is 24.5 Å². The molecule has 138 valence electrons. The van der Waals surface area contributed by atoms with Crippen molar-refractivity contribution in [2.45, 2.75) is 0 Å². The molecule has 0 fully saturated rings. The fraction of sp³-hybridized carbons (Fsp3) is 0.0500. The maximum Gasteiger partial charge on any atom is 0.270 e. The highest BCUT2D eigenvalue weighted by Crippen LogP contribution is 2.27. The van der Waals surface area contributed by atoms with Crippen molar-refractivity contribution in [1.82, 2.24) is 4.90 Å². The third kappa shape index (κ3) is 2.96. The Morgan fingerprint density at radius 2 is 1.64 bits per heavy atom. The summed E-state index contributed by atoms with van der Waals surface area (Å²) >= 11 is 0. The normalized spacial score (nSPS) is 12.9. The van der Waals surface area contributed by atoms with E-state index in [4.69, 9.17) is 0 Å². The molecule has 0 atom stereocenters. The Bertz CT molecular complexity index is 1170. The van der Waals surface area contributed by atoms with Crippen molar-refractivity contribution in [2.75, 3.05) is 11.9 Å². The summed E-state index contributed by atoms with van der Waals surface area (Å²) in [5, 5.41) is 15.5. The number of nitro benzene ring substituents is 1. The number of amides is 3. The second kappa shape index (κ2) is 6.58. The molecule has 0 bridgehead atoms. The second-order valence-corrected chi connectivity index (χ2v) is 6.29. The monoisotopic (exact) mass is 375 g/mol. The summed E-state index contributed by atoms with van der Waals surface area (Å²) in [6.45, 7) is -0.479. The number of nitrogens with zero attached hydrogens (tertiary/aromatic N) is 2. The molecule has 0 spiro atoms. The van der Waals surface area contributed by atoms with Gasteiger partial charge < -0.3 is 5.32 Å². The molecule has 0 saturated carbocycles. The zero-order chi connectivity index (χ0) is 19.8. The fourth-order valence-corrected chi connectivity index (χ4v) is 3.15. The first-order chi connectivity index (χ1) is 13.4. The van der Waals surface area contributed by atoms with Crippen LogP contribution in [-0.4, -0.2) is 34.1 Å². The van der Waals surface area contributed by atoms with Gasteiger partial charge in [-0.3, -0.25) is 29.4 Å². The maximum atomic E-state index is 12.4. The number of benzene rings is 3. The van der Waals surface area contributed by atoms with E-state index in [-0.39, 0.29) is 16.8 Å². The average molecular weight is 375 g/mol. The van der Waals surface area contributed by atoms with Crippen molar-refractivity contribution < 1.29 is 19.3 Å². The summed E-state index contributed by atoms with van der Waals surface area (Å²) in [4.78, 5) is 48.2. The number of fused-ring (bicyclic) bond motifs is 2. The van der Waals surface area contributed by atoms with Gasteiger partial charge in [-0.15, -0.1) is 0 Å². The van der Waals surface area contributed by atoms with Crippen LogP contribution in [-0.2, 0) is 4.79 Å². The van der Waals surface area contributed by atoms with Gasteiger partial charge in [-0.25, -0.2) is 0 Å². The van der Waals surface area contributed by atoms with Crippen LogP contribution >= 0.6 is 0 Å². The Morgan fingerprint density at radius 3 is 2.39 bits per heavy atom. The SMILES string of the molecule is O=C(CN1C(=O)c2ccc([N+](=O)[O-])cc2C1=O)Nc1ccc2ccccc2c1. The molecule has 3 amide bonds. The Morgan fingerprint density at radius 1 is 0.929 bits per heavy atom. The molecule has 3 aromatic carbocycles. The van der Waals surface area contributed by atoms with Crippen LogP contribution in [0.15, 0.2) is 60.7 Å². The second-order valence-electron chi connectivity index (χ2n) is 6.29. The minimum Gasteiger partial charge on any atom is -0.325 e. The first kappa shape index (κ1) is 17.3. The predicted molar refractivity (Wildman–Crippen MR) is 101 cm³/mol. The third-order valence-electron chi connectivity index (χ3n) is 4.50. The summed E-state index contributed by atoms with van der Waals surface area (Å²) in [5.74, 6) is -1.92. The molecule has 0 aliphatic carbocycles. The van der Waals surface area contributed by atoms with Crippen molar-refractivity contribution in [1.29, 1.82) is 0 Å². The van der Waals surface area contributed by atoms with Crippen LogP contribution in [0.5, 0.6) is 0 Å². The molecule has 1 heterocycles. The van der Waals surface area contributed by atoms with Crippen LogP contribution in [0.1, 0.15) is 20.7 Å². The lowest BCUT2D eigenvalue weighted by atomic mass is 10.1. The number of hydrogen-bond donors (Lipinski definition) is 1. The number of rotatable bonds is 4. The van der Waals surface area contributed by atoms with Gasteiger partial charge in [0.2, 0.25) is 5.91 Å². The van der Waals surface area contributed by atoms with Gasteiger partial charge >= 0.3 is 0 Å². The molecular weight excluding hydrogens is 362 g/mol. The molecule has 1 aliphatic heterocycles. The van der Waals surface area contributed by atoms with E-state index in [0.717, 1.165) is 27.8 Å². The number of nitrogens with one attached hydrogen (secondary N) is 1. The molecule has 0 aromatic heterocycles. The van der Waals surface area contributed by atoms with Gasteiger partial charge in [0.1, 0.15) is 6.54 Å². The Balaban J connectivity index is 1.51. The lowest BCUT2D eigenvalue weighted by Gasteiger charge is -2.14. The van der Waals surface area contributed by atoms with E-state index in [0.29, 0.717) is 5.69 Å². The number of nitro groups is 1. The van der Waals surface area contributed by atoms with Gasteiger partial charge in [0, 0.05) is 17.8 Å². The minimum absolute atomic E-state index is 0.0501. The van der Waals surface area contributed by atoms with Gasteiger partial charge in [0.05, 0.1) is 16.1 Å². The van der Waals surface area contributed by atoms with E-state index in [1.54, 1.807) is 12.1 Å². The summed E-state index contributed by atoms with van der Waals surface area (Å²) in [6, 6.07) is 16.4. The minimum atomic E-state index is -0.725. The zero-order valence-electron chi connectivity index (χ0n) is 14.4. The van der Waals surface area contributed by atoms with Crippen LogP contribution in [0, 0.1) is 10.1 Å². The largest absolute Gasteiger partial charge is 0.325 e. The predicted octanol–water partition coefficient (Wildman–Crippen LogP) is 2.98. The standard InChI is InChI=1S/C20H13N3O5/c24-18(21-14-6-5-12-3-1-2-4-13(12)9-14)11-22-19(25)16-8-7-15(23(27)28)10-17(16)20(22)26/h1-10H,11H2,(H,21,24). The van der Waals surface area contributed by atoms with Gasteiger partial charge in [0.15, 0.2) is 0 Å². The van der Waals surface area contributed by atoms with E-state index < -0.39 is 29.2 Å². The van der Waals surface area contributed by atoms with Crippen LogP contribution in [0.25, 0.3) is 10.8 Å². The number of carbonyl (C=O) groups is 3. The molecule has 4 rings (SSSR count). The molecule has 1 aliphatic rings. The van der Waals surface area contributed by atoms with Gasteiger partial charge in [-0.1, -0.05) is 30.3 Å². The molecule has 0 unspecified atom stereocenters. The number of non-ortho nitro benzene ring substituents is 1. The zero-order valence-corrected chi connectivity index (χ0v) is 14.4. The van der Waals surface area contributed by atoms with Crippen LogP contribution in [0.3, 0.4) is 0 Å². The van der Waals surface area contributed by atoms with Crippen molar-refractivity contribution in [3.63, 3.8) is 0 Å². The fourth-order valence-electron chi connectivity index (χ4n) is 3.15. The van der Waals surface area contributed by atoms with Crippen molar-refractivity contribution in [2.24, 2.45) is 0 Å². The molecular formula is C20H13N3O5. The average Bonchev–Trinajstić information content (AvgIpc) is 2.92. The van der Waals surface area contributed by atoms with Crippen LogP contribution in [0.4, 0.5) is 11.4 Å². The third-order valence-corrected chi connectivity index (χ3v) is 4.50. The number of anilines is 1. The summed E-state index contributed by atoms with van der Waals surface area (Å²) in [6.07, 6.45) is 0. The first-order valence-electron chi connectivity index (χ1n) is 8.37. The Labute approximate surface area is 158 Å². The van der Waals surface area contributed by atoms with E-state index in [2.05, 4.69) is 5.32 Å². The summed E-state index contributed by atoms with van der Waals surface area (Å²) in [5.41, 5.74) is 0.227. The van der Waals surface area contributed by atoms with Crippen LogP contribution in [0.2, 0.25) is 0 Å². The highest BCUT2D eigenvalue weighted by Gasteiger charge is 2.37. The summed E-state index contributed by atoms with van der Waals surface area (Å²) < 4.78 is 0. The lowest BCUT2D eigenvalue weighted by molar-refractivity contribution is -0.384. The van der Waals surface area contributed by atoms with Gasteiger partial charge in [-0.2, -0.15) is 0 Å². The van der Waals surface area contributed by atoms with Crippen molar-refractivity contribution >= 4 is 39.9 Å². The number of hydrogen-bond acceptors (Lipinski definition) is 5. The van der Waals surface area contributed by atoms with Crippen molar-refractivity contribution in [3.05, 3.63) is 81.9 Å². The first-order valence-corrected chi connectivity index (χ1v) is 8.37. The Kier molecular flexibility index (Phi) is 4.08. The van der Waals surface area contributed by atoms with Crippen molar-refractivity contribution in [3.8, 4) is 0 Å². The Hall–Kier alpha value is -4.07. The smallest absolute Gasteiger partial charge is 0.270 e. The quantitative estimate of drug-likeness (QED) is 0.428. The highest BCUT2D eigenvalue weighted by molar-refractivity contribution is 6.23. The molecule has 0 radical (unpaired) electrons. The van der Waals surface area contributed by atoms with E-state index in [1.165, 1.54) is 6.07 Å². The van der Waals surface area contributed by atoms with Gasteiger partial charge in [-0.05, 0) is 29.0 Å². The molecule has 8 nitrogen and oxygen atoms in total. The highest BCUT2D eigenvalue weighted by atomic mass is 16.6. The van der Waals surface area contributed by atoms with E-state index >= 15 is 0 Å². The summed E-state index contributed by atoms with van der Waals surface area (Å²) in [7, 11) is 0. The van der Waals surface area contributed by atoms with E-state index in [1.807, 2.05) is 30.3 Å². The number of carbonyl (C=O) groups excluding carboxylic acids is 3. The van der Waals surface area contributed by atoms with Gasteiger partial charge in [0.25, 0.3) is 17.5 Å². The lowest BCUT2D eigenvalue weighted by Crippen LogP contribution is -2.37. The molecule has 28 heavy (non-hydrogen) atoms. The molecule has 0 saturated heterocycles. The molecule has 1 N–H and O–H groups in total. The number of imide groups is 1. The maximum absolute atomic E-state index is 12.4. The van der Waals surface area contributed by atoms with Crippen LogP contribution < -0.4 is 5.32 Å². The molecule has 8 heteroatoms. The molecule has 3 aromatic rings. The topological polar surface area (TPSA) is 110 Å².